The van der Waals surface area contributed by atoms with Gasteiger partial charge in [-0.1, -0.05) is 0 Å². The van der Waals surface area contributed by atoms with Gasteiger partial charge in [-0.05, 0) is 26.0 Å². The van der Waals surface area contributed by atoms with Crippen molar-refractivity contribution in [1.82, 2.24) is 0 Å². The molecule has 3 nitrogen and oxygen atoms in total. The van der Waals surface area contributed by atoms with Crippen LogP contribution in [0.2, 0.25) is 0 Å². The summed E-state index contributed by atoms with van der Waals surface area (Å²) in [4.78, 5) is 0. The standard InChI is InChI=1S/C11H12NO2/c1-8(2)14-11-5-4-10(13-3)6-9(11)7-12/h4-6H,1-3H3. The zero-order valence-electron chi connectivity index (χ0n) is 8.50. The van der Waals surface area contributed by atoms with Gasteiger partial charge in [0.1, 0.15) is 23.7 Å². The highest BCUT2D eigenvalue weighted by atomic mass is 16.5. The Bertz CT molecular complexity index is 353. The number of rotatable bonds is 3. The lowest BCUT2D eigenvalue weighted by Gasteiger charge is -2.10. The fraction of sp³-hybridized carbons (Fsp3) is 0.273. The maximum Gasteiger partial charge on any atom is 0.142 e. The lowest BCUT2D eigenvalue weighted by atomic mass is 10.2. The van der Waals surface area contributed by atoms with E-state index in [1.165, 1.54) is 0 Å². The van der Waals surface area contributed by atoms with Crippen LogP contribution in [0.5, 0.6) is 11.5 Å². The molecule has 0 saturated heterocycles. The van der Waals surface area contributed by atoms with E-state index < -0.39 is 0 Å². The van der Waals surface area contributed by atoms with Crippen LogP contribution in [-0.2, 0) is 0 Å². The number of nitrogens with zero attached hydrogens (tertiary/aromatic N) is 1. The third-order valence-electron chi connectivity index (χ3n) is 1.62. The maximum atomic E-state index is 8.86. The molecular formula is C11H12NO2. The van der Waals surface area contributed by atoms with E-state index in [9.17, 15) is 0 Å². The van der Waals surface area contributed by atoms with Crippen molar-refractivity contribution in [3.8, 4) is 17.6 Å². The molecule has 0 heterocycles. The van der Waals surface area contributed by atoms with Crippen LogP contribution in [0.4, 0.5) is 0 Å². The molecule has 0 aliphatic carbocycles. The Kier molecular flexibility index (Phi) is 3.35. The van der Waals surface area contributed by atoms with Gasteiger partial charge in [-0.3, -0.25) is 0 Å². The normalized spacial score (nSPS) is 9.64. The first-order chi connectivity index (χ1) is 6.67. The largest absolute Gasteiger partial charge is 0.497 e. The van der Waals surface area contributed by atoms with E-state index in [2.05, 4.69) is 6.07 Å². The Morgan fingerprint density at radius 1 is 1.36 bits per heavy atom. The van der Waals surface area contributed by atoms with Crippen molar-refractivity contribution in [2.45, 2.75) is 13.8 Å². The van der Waals surface area contributed by atoms with Gasteiger partial charge in [0.25, 0.3) is 0 Å². The Labute approximate surface area is 83.9 Å². The molecule has 0 unspecified atom stereocenters. The minimum Gasteiger partial charge on any atom is -0.497 e. The minimum absolute atomic E-state index is 0.477. The highest BCUT2D eigenvalue weighted by Gasteiger charge is 2.06. The molecule has 0 fully saturated rings. The van der Waals surface area contributed by atoms with Crippen LogP contribution in [0.1, 0.15) is 19.4 Å². The highest BCUT2D eigenvalue weighted by molar-refractivity contribution is 5.47. The van der Waals surface area contributed by atoms with E-state index in [0.717, 1.165) is 6.10 Å². The first kappa shape index (κ1) is 10.4. The van der Waals surface area contributed by atoms with E-state index >= 15 is 0 Å². The second kappa shape index (κ2) is 4.52. The monoisotopic (exact) mass is 190 g/mol. The molecule has 0 aliphatic heterocycles. The fourth-order valence-electron chi connectivity index (χ4n) is 1.03. The summed E-state index contributed by atoms with van der Waals surface area (Å²) in [7, 11) is 1.56. The van der Waals surface area contributed by atoms with Crippen LogP contribution >= 0.6 is 0 Å². The van der Waals surface area contributed by atoms with Crippen LogP contribution in [0.15, 0.2) is 18.2 Å². The average molecular weight is 190 g/mol. The first-order valence-corrected chi connectivity index (χ1v) is 4.23. The van der Waals surface area contributed by atoms with Crippen LogP contribution < -0.4 is 9.47 Å². The van der Waals surface area contributed by atoms with E-state index in [4.69, 9.17) is 14.7 Å². The Morgan fingerprint density at radius 2 is 2.07 bits per heavy atom. The number of hydrogen-bond donors (Lipinski definition) is 0. The van der Waals surface area contributed by atoms with Crippen LogP contribution in [0.3, 0.4) is 0 Å². The second-order valence-corrected chi connectivity index (χ2v) is 2.98. The molecule has 0 saturated carbocycles. The molecule has 1 rings (SSSR count). The Morgan fingerprint density at radius 3 is 2.57 bits per heavy atom. The third kappa shape index (κ3) is 2.40. The molecule has 1 radical (unpaired) electrons. The summed E-state index contributed by atoms with van der Waals surface area (Å²) < 4.78 is 10.4. The number of nitriles is 1. The fourth-order valence-corrected chi connectivity index (χ4v) is 1.03. The van der Waals surface area contributed by atoms with Crippen molar-refractivity contribution in [3.63, 3.8) is 0 Å². The second-order valence-electron chi connectivity index (χ2n) is 2.98. The Hall–Kier alpha value is -1.69. The van der Waals surface area contributed by atoms with Crippen molar-refractivity contribution in [2.24, 2.45) is 0 Å². The van der Waals surface area contributed by atoms with Crippen molar-refractivity contribution >= 4 is 0 Å². The van der Waals surface area contributed by atoms with Gasteiger partial charge in [0.15, 0.2) is 0 Å². The summed E-state index contributed by atoms with van der Waals surface area (Å²) in [6.45, 7) is 3.68. The summed E-state index contributed by atoms with van der Waals surface area (Å²) in [5.74, 6) is 1.22. The van der Waals surface area contributed by atoms with Gasteiger partial charge >= 0.3 is 0 Å². The van der Waals surface area contributed by atoms with Gasteiger partial charge in [0, 0.05) is 6.07 Å². The van der Waals surface area contributed by atoms with E-state index in [1.54, 1.807) is 25.3 Å². The van der Waals surface area contributed by atoms with Crippen molar-refractivity contribution < 1.29 is 9.47 Å². The zero-order chi connectivity index (χ0) is 10.6. The molecule has 14 heavy (non-hydrogen) atoms. The lowest BCUT2D eigenvalue weighted by molar-refractivity contribution is 0.343. The summed E-state index contributed by atoms with van der Waals surface area (Å²) in [5.41, 5.74) is 0.477. The molecule has 0 spiro atoms. The first-order valence-electron chi connectivity index (χ1n) is 4.23. The molecule has 1 aromatic carbocycles. The van der Waals surface area contributed by atoms with Gasteiger partial charge in [-0.2, -0.15) is 5.26 Å². The third-order valence-corrected chi connectivity index (χ3v) is 1.62. The van der Waals surface area contributed by atoms with Gasteiger partial charge in [0.05, 0.1) is 12.7 Å². The number of benzene rings is 1. The predicted molar refractivity (Wildman–Crippen MR) is 52.9 cm³/mol. The van der Waals surface area contributed by atoms with Gasteiger partial charge in [-0.25, -0.2) is 0 Å². The molecule has 73 valence electrons. The van der Waals surface area contributed by atoms with Gasteiger partial charge in [-0.15, -0.1) is 0 Å². The van der Waals surface area contributed by atoms with E-state index in [-0.39, 0.29) is 0 Å². The average Bonchev–Trinajstić information content (AvgIpc) is 2.17. The van der Waals surface area contributed by atoms with E-state index in [1.807, 2.05) is 13.8 Å². The number of ether oxygens (including phenoxy) is 2. The molecule has 0 aliphatic rings. The van der Waals surface area contributed by atoms with Crippen LogP contribution in [0.25, 0.3) is 0 Å². The smallest absolute Gasteiger partial charge is 0.142 e. The quantitative estimate of drug-likeness (QED) is 0.735. The van der Waals surface area contributed by atoms with Gasteiger partial charge < -0.3 is 9.47 Å². The molecule has 0 amide bonds. The molecule has 1 aromatic rings. The lowest BCUT2D eigenvalue weighted by Crippen LogP contribution is -1.98. The van der Waals surface area contributed by atoms with E-state index in [0.29, 0.717) is 17.1 Å². The van der Waals surface area contributed by atoms with Crippen LogP contribution in [-0.4, -0.2) is 7.11 Å². The van der Waals surface area contributed by atoms with Crippen LogP contribution in [0, 0.1) is 17.4 Å². The molecule has 0 atom stereocenters. The summed E-state index contributed by atoms with van der Waals surface area (Å²) in [6.07, 6.45) is 0.798. The summed E-state index contributed by atoms with van der Waals surface area (Å²) in [5, 5.41) is 8.86. The predicted octanol–water partition coefficient (Wildman–Crippen LogP) is 2.52. The molecule has 3 heteroatoms. The molecule has 0 aromatic heterocycles. The molecular weight excluding hydrogens is 178 g/mol. The molecule has 0 bridgehead atoms. The van der Waals surface area contributed by atoms with Crippen molar-refractivity contribution in [1.29, 1.82) is 5.26 Å². The Balaban J connectivity index is 3.01. The topological polar surface area (TPSA) is 42.2 Å². The van der Waals surface area contributed by atoms with Crippen molar-refractivity contribution in [3.05, 3.63) is 29.9 Å². The molecule has 0 N–H and O–H groups in total. The minimum atomic E-state index is 0.477. The summed E-state index contributed by atoms with van der Waals surface area (Å²) >= 11 is 0. The number of hydrogen-bond acceptors (Lipinski definition) is 3. The summed E-state index contributed by atoms with van der Waals surface area (Å²) in [6, 6.07) is 7.20. The van der Waals surface area contributed by atoms with Gasteiger partial charge in [0.2, 0.25) is 0 Å². The SMILES string of the molecule is COc1ccc(O[C](C)C)c(C#N)c1. The maximum absolute atomic E-state index is 8.86. The number of methoxy groups -OCH3 is 1. The highest BCUT2D eigenvalue weighted by Crippen LogP contribution is 2.25. The van der Waals surface area contributed by atoms with Crippen molar-refractivity contribution in [2.75, 3.05) is 7.11 Å². The zero-order valence-corrected chi connectivity index (χ0v) is 8.50.